The van der Waals surface area contributed by atoms with Crippen LogP contribution < -0.4 is 5.32 Å². The van der Waals surface area contributed by atoms with E-state index in [1.165, 1.54) is 5.56 Å². The summed E-state index contributed by atoms with van der Waals surface area (Å²) < 4.78 is 18.0. The maximum absolute atomic E-state index is 13.2. The van der Waals surface area contributed by atoms with E-state index in [1.807, 2.05) is 62.1 Å². The van der Waals surface area contributed by atoms with Crippen molar-refractivity contribution in [2.75, 3.05) is 25.6 Å². The van der Waals surface area contributed by atoms with E-state index < -0.39 is 21.6 Å². The highest BCUT2D eigenvalue weighted by atomic mass is 32.2. The van der Waals surface area contributed by atoms with Crippen molar-refractivity contribution < 1.29 is 18.5 Å². The molecule has 4 rings (SSSR count). The fraction of sp³-hybridized carbons (Fsp3) is 0.429. The highest BCUT2D eigenvalue weighted by molar-refractivity contribution is 8.02. The zero-order valence-electron chi connectivity index (χ0n) is 21.8. The molecule has 2 aromatic carbocycles. The van der Waals surface area contributed by atoms with Crippen molar-refractivity contribution in [2.45, 2.75) is 56.6 Å². The van der Waals surface area contributed by atoms with Gasteiger partial charge < -0.3 is 19.9 Å². The normalized spacial score (nSPS) is 15.6. The maximum Gasteiger partial charge on any atom is 0.407 e. The fourth-order valence-corrected chi connectivity index (χ4v) is 5.97. The van der Waals surface area contributed by atoms with E-state index in [4.69, 9.17) is 4.74 Å². The van der Waals surface area contributed by atoms with Gasteiger partial charge in [0, 0.05) is 35.4 Å². The Labute approximate surface area is 214 Å². The summed E-state index contributed by atoms with van der Waals surface area (Å²) in [5.74, 6) is 0.337. The van der Waals surface area contributed by atoms with Gasteiger partial charge in [0.2, 0.25) is 0 Å². The molecule has 194 valence electrons. The second kappa shape index (κ2) is 10.1. The van der Waals surface area contributed by atoms with E-state index in [2.05, 4.69) is 22.4 Å². The Balaban J connectivity index is 1.38. The van der Waals surface area contributed by atoms with E-state index in [1.54, 1.807) is 12.5 Å². The van der Waals surface area contributed by atoms with Gasteiger partial charge in [0.1, 0.15) is 11.3 Å². The monoisotopic (exact) mass is 511 g/mol. The Hall–Kier alpha value is -3.13. The molecular weight excluding hydrogens is 474 g/mol. The van der Waals surface area contributed by atoms with Crippen LogP contribution in [0.2, 0.25) is 0 Å². The molecular formula is C28H37N3O4S. The Bertz CT molecular complexity index is 1310. The van der Waals surface area contributed by atoms with Crippen LogP contribution in [0.15, 0.2) is 53.4 Å². The number of carbonyl (C=O) groups excluding carboxylic acids is 2. The first-order valence-electron chi connectivity index (χ1n) is 12.4. The average Bonchev–Trinajstić information content (AvgIpc) is 3.25. The molecule has 36 heavy (non-hydrogen) atoms. The highest BCUT2D eigenvalue weighted by Crippen LogP contribution is 2.31. The van der Waals surface area contributed by atoms with Gasteiger partial charge in [-0.3, -0.25) is 9.00 Å². The van der Waals surface area contributed by atoms with Gasteiger partial charge in [0.15, 0.2) is 0 Å². The number of rotatable bonds is 5. The summed E-state index contributed by atoms with van der Waals surface area (Å²) in [5.41, 5.74) is 3.10. The largest absolute Gasteiger partial charge is 0.444 e. The van der Waals surface area contributed by atoms with Gasteiger partial charge in [-0.25, -0.2) is 4.79 Å². The Morgan fingerprint density at radius 2 is 1.78 bits per heavy atom. The number of piperidine rings is 1. The van der Waals surface area contributed by atoms with Crippen LogP contribution in [0.1, 0.15) is 61.1 Å². The van der Waals surface area contributed by atoms with Crippen LogP contribution in [0.5, 0.6) is 0 Å². The van der Waals surface area contributed by atoms with Crippen LogP contribution in [0, 0.1) is 0 Å². The minimum Gasteiger partial charge on any atom is -0.444 e. The second-order valence-corrected chi connectivity index (χ2v) is 14.1. The maximum atomic E-state index is 13.2. The number of aromatic nitrogens is 1. The van der Waals surface area contributed by atoms with Crippen molar-refractivity contribution in [1.82, 2.24) is 15.2 Å². The number of hydrogen-bond donors (Lipinski definition) is 3. The molecule has 1 fully saturated rings. The third-order valence-corrected chi connectivity index (χ3v) is 8.04. The first kappa shape index (κ1) is 25.9. The first-order valence-corrected chi connectivity index (χ1v) is 15.0. The molecule has 8 heteroatoms. The molecule has 0 radical (unpaired) electrons. The van der Waals surface area contributed by atoms with Gasteiger partial charge in [-0.1, -0.05) is 40.3 Å². The molecule has 3 aromatic rings. The molecule has 7 nitrogen and oxygen atoms in total. The number of alkyl carbamates (subject to hydrolysis) is 1. The molecule has 2 amide bonds. The van der Waals surface area contributed by atoms with Crippen LogP contribution in [0.25, 0.3) is 10.9 Å². The minimum atomic E-state index is -2.45. The fourth-order valence-electron chi connectivity index (χ4n) is 4.76. The summed E-state index contributed by atoms with van der Waals surface area (Å²) in [6.07, 6.45) is 4.83. The minimum absolute atomic E-state index is 0.0204. The van der Waals surface area contributed by atoms with Crippen LogP contribution in [-0.2, 0) is 21.2 Å². The smallest absolute Gasteiger partial charge is 0.407 e. The SMILES string of the molecule is CC(C)(C)OC(=O)NCc1cccc(C2CCN(C(=O)c3cc4c([SH](C)(C)=O)cccc4[nH]3)CC2)c1. The molecule has 0 unspecified atom stereocenters. The van der Waals surface area contributed by atoms with Crippen LogP contribution in [0.3, 0.4) is 0 Å². The van der Waals surface area contributed by atoms with E-state index in [0.29, 0.717) is 31.2 Å². The van der Waals surface area contributed by atoms with Crippen molar-refractivity contribution in [3.05, 3.63) is 65.4 Å². The molecule has 1 aliphatic heterocycles. The van der Waals surface area contributed by atoms with E-state index in [-0.39, 0.29) is 5.91 Å². The molecule has 1 aromatic heterocycles. The Morgan fingerprint density at radius 1 is 1.08 bits per heavy atom. The van der Waals surface area contributed by atoms with E-state index in [9.17, 15) is 13.8 Å². The van der Waals surface area contributed by atoms with Crippen molar-refractivity contribution in [1.29, 1.82) is 0 Å². The van der Waals surface area contributed by atoms with E-state index >= 15 is 0 Å². The summed E-state index contributed by atoms with van der Waals surface area (Å²) in [5, 5.41) is 3.68. The topological polar surface area (TPSA) is 91.5 Å². The van der Waals surface area contributed by atoms with Gasteiger partial charge >= 0.3 is 6.09 Å². The summed E-state index contributed by atoms with van der Waals surface area (Å²) >= 11 is 0. The van der Waals surface area contributed by atoms with E-state index in [0.717, 1.165) is 34.2 Å². The van der Waals surface area contributed by atoms with Crippen LogP contribution >= 0.6 is 0 Å². The predicted octanol–water partition coefficient (Wildman–Crippen LogP) is 4.85. The summed E-state index contributed by atoms with van der Waals surface area (Å²) in [4.78, 5) is 31.2. The Kier molecular flexibility index (Phi) is 7.27. The third kappa shape index (κ3) is 6.16. The zero-order chi connectivity index (χ0) is 26.1. The van der Waals surface area contributed by atoms with Crippen molar-refractivity contribution in [3.8, 4) is 0 Å². The molecule has 0 saturated carbocycles. The summed E-state index contributed by atoms with van der Waals surface area (Å²) in [6, 6.07) is 15.8. The van der Waals surface area contributed by atoms with Gasteiger partial charge in [0.05, 0.1) is 0 Å². The highest BCUT2D eigenvalue weighted by Gasteiger charge is 2.26. The molecule has 2 N–H and O–H groups in total. The number of amides is 2. The quantitative estimate of drug-likeness (QED) is 0.427. The van der Waals surface area contributed by atoms with Crippen molar-refractivity contribution >= 4 is 32.8 Å². The van der Waals surface area contributed by atoms with Crippen LogP contribution in [0.4, 0.5) is 4.79 Å². The zero-order valence-corrected chi connectivity index (χ0v) is 22.7. The average molecular weight is 512 g/mol. The van der Waals surface area contributed by atoms with Crippen molar-refractivity contribution in [2.24, 2.45) is 0 Å². The van der Waals surface area contributed by atoms with Crippen molar-refractivity contribution in [3.63, 3.8) is 0 Å². The molecule has 0 spiro atoms. The number of hydrogen-bond acceptors (Lipinski definition) is 4. The number of nitrogens with one attached hydrogen (secondary N) is 2. The number of carbonyl (C=O) groups is 2. The number of ether oxygens (including phenoxy) is 1. The third-order valence-electron chi connectivity index (χ3n) is 6.49. The number of thiol groups is 1. The molecule has 1 aliphatic rings. The standard InChI is InChI=1S/C28H37N3O4S/c1-28(2,3)35-27(33)29-18-19-8-6-9-21(16-19)20-12-14-31(15-13-20)26(32)24-17-22-23(30-24)10-7-11-25(22)36(4,5)34/h6-11,16-17,20,30,36H,12-15,18H2,1-5H3,(H,29,33). The molecule has 2 heterocycles. The molecule has 1 saturated heterocycles. The second-order valence-electron chi connectivity index (χ2n) is 10.9. The number of nitrogens with zero attached hydrogens (tertiary/aromatic N) is 1. The number of fused-ring (bicyclic) bond motifs is 1. The number of benzene rings is 2. The van der Waals surface area contributed by atoms with Gasteiger partial charge in [0.25, 0.3) is 5.91 Å². The lowest BCUT2D eigenvalue weighted by Gasteiger charge is -2.32. The van der Waals surface area contributed by atoms with Crippen LogP contribution in [-0.4, -0.2) is 57.3 Å². The lowest BCUT2D eigenvalue weighted by molar-refractivity contribution is 0.0523. The first-order chi connectivity index (χ1) is 16.9. The molecule has 0 atom stereocenters. The molecule has 0 aliphatic carbocycles. The Morgan fingerprint density at radius 3 is 2.44 bits per heavy atom. The lowest BCUT2D eigenvalue weighted by atomic mass is 9.88. The number of H-pyrrole nitrogens is 1. The predicted molar refractivity (Wildman–Crippen MR) is 145 cm³/mol. The van der Waals surface area contributed by atoms with Gasteiger partial charge in [-0.15, -0.1) is 0 Å². The van der Waals surface area contributed by atoms with Gasteiger partial charge in [-0.2, -0.15) is 0 Å². The summed E-state index contributed by atoms with van der Waals surface area (Å²) in [6.45, 7) is 7.28. The summed E-state index contributed by atoms with van der Waals surface area (Å²) in [7, 11) is -2.45. The molecule has 0 bridgehead atoms. The van der Waals surface area contributed by atoms with Gasteiger partial charge in [-0.05, 0) is 81.4 Å². The number of aromatic amines is 1. The number of likely N-dealkylation sites (tertiary alicyclic amines) is 1. The lowest BCUT2D eigenvalue weighted by Crippen LogP contribution is -2.38.